The first-order chi connectivity index (χ1) is 13.5. The third-order valence-electron chi connectivity index (χ3n) is 5.60. The number of hydrogen-bond donors (Lipinski definition) is 0. The molecule has 5 nitrogen and oxygen atoms in total. The first-order valence-electron chi connectivity index (χ1n) is 9.39. The average molecular weight is 397 g/mol. The smallest absolute Gasteiger partial charge is 0.279 e. The van der Waals surface area contributed by atoms with Gasteiger partial charge in [0.2, 0.25) is 5.91 Å². The van der Waals surface area contributed by atoms with Gasteiger partial charge in [0.15, 0.2) is 0 Å². The van der Waals surface area contributed by atoms with E-state index in [9.17, 15) is 9.18 Å². The monoisotopic (exact) mass is 397 g/mol. The van der Waals surface area contributed by atoms with Crippen LogP contribution in [0.2, 0.25) is 0 Å². The summed E-state index contributed by atoms with van der Waals surface area (Å²) in [6, 6.07) is 13.4. The van der Waals surface area contributed by atoms with Gasteiger partial charge in [-0.05, 0) is 36.2 Å². The van der Waals surface area contributed by atoms with Gasteiger partial charge in [-0.3, -0.25) is 9.69 Å². The van der Waals surface area contributed by atoms with Crippen LogP contribution in [-0.4, -0.2) is 45.9 Å². The van der Waals surface area contributed by atoms with Crippen molar-refractivity contribution in [2.45, 2.75) is 32.0 Å². The average Bonchev–Trinajstić information content (AvgIpc) is 3.36. The van der Waals surface area contributed by atoms with Crippen LogP contribution in [-0.2, 0) is 11.3 Å². The summed E-state index contributed by atoms with van der Waals surface area (Å²) in [5.74, 6) is 0.607. The third-order valence-corrected chi connectivity index (χ3v) is 6.52. The molecule has 0 unspecified atom stereocenters. The molecule has 5 rings (SSSR count). The minimum Gasteiger partial charge on any atom is -0.431 e. The molecule has 3 heterocycles. The molecule has 1 amide bonds. The molecule has 2 atom stereocenters. The molecule has 2 aromatic carbocycles. The van der Waals surface area contributed by atoms with Crippen molar-refractivity contribution < 1.29 is 13.9 Å². The predicted octanol–water partition coefficient (Wildman–Crippen LogP) is 4.03. The first kappa shape index (κ1) is 17.6. The maximum Gasteiger partial charge on any atom is 0.279 e. The summed E-state index contributed by atoms with van der Waals surface area (Å²) in [7, 11) is 0. The molecule has 2 aliphatic heterocycles. The Morgan fingerprint density at radius 3 is 2.75 bits per heavy atom. The number of benzene rings is 2. The van der Waals surface area contributed by atoms with E-state index in [4.69, 9.17) is 4.74 Å². The molecule has 7 heteroatoms. The molecule has 2 fully saturated rings. The summed E-state index contributed by atoms with van der Waals surface area (Å²) < 4.78 is 20.0. The Kier molecular flexibility index (Phi) is 4.29. The molecule has 28 heavy (non-hydrogen) atoms. The van der Waals surface area contributed by atoms with E-state index >= 15 is 0 Å². The second-order valence-corrected chi connectivity index (χ2v) is 8.48. The van der Waals surface area contributed by atoms with E-state index in [1.165, 1.54) is 29.0 Å². The number of nitrogens with zero attached hydrogens (tertiary/aromatic N) is 3. The first-order valence-corrected chi connectivity index (χ1v) is 10.2. The van der Waals surface area contributed by atoms with Crippen molar-refractivity contribution in [3.8, 4) is 10.9 Å². The van der Waals surface area contributed by atoms with Gasteiger partial charge in [0.1, 0.15) is 11.6 Å². The lowest BCUT2D eigenvalue weighted by molar-refractivity contribution is -0.131. The van der Waals surface area contributed by atoms with Crippen molar-refractivity contribution in [2.75, 3.05) is 13.1 Å². The Hall–Kier alpha value is -2.51. The van der Waals surface area contributed by atoms with Crippen molar-refractivity contribution in [2.24, 2.45) is 0 Å². The number of thiazole rings is 1. The van der Waals surface area contributed by atoms with Crippen LogP contribution in [0.15, 0.2) is 42.5 Å². The fraction of sp³-hybridized carbons (Fsp3) is 0.333. The van der Waals surface area contributed by atoms with Gasteiger partial charge < -0.3 is 9.64 Å². The molecule has 2 bridgehead atoms. The SMILES string of the molecule is CC(=O)N1C[C@H]2C[C@@H]1CN2Cc1ccc(Oc2nc3cc(F)ccc3s2)cc1. The van der Waals surface area contributed by atoms with Gasteiger partial charge in [0.25, 0.3) is 5.19 Å². The number of carbonyl (C=O) groups is 1. The fourth-order valence-electron chi connectivity index (χ4n) is 4.25. The van der Waals surface area contributed by atoms with Gasteiger partial charge in [-0.15, -0.1) is 0 Å². The molecule has 1 aromatic heterocycles. The van der Waals surface area contributed by atoms with Crippen LogP contribution >= 0.6 is 11.3 Å². The number of rotatable bonds is 4. The second kappa shape index (κ2) is 6.83. The van der Waals surface area contributed by atoms with E-state index in [0.717, 1.165) is 30.8 Å². The highest BCUT2D eigenvalue weighted by Crippen LogP contribution is 2.33. The van der Waals surface area contributed by atoms with Gasteiger partial charge in [-0.2, -0.15) is 0 Å². The summed E-state index contributed by atoms with van der Waals surface area (Å²) in [5, 5.41) is 0.509. The van der Waals surface area contributed by atoms with Gasteiger partial charge in [0.05, 0.1) is 10.2 Å². The lowest BCUT2D eigenvalue weighted by atomic mass is 10.2. The number of amides is 1. The molecular weight excluding hydrogens is 377 g/mol. The van der Waals surface area contributed by atoms with E-state index in [2.05, 4.69) is 22.0 Å². The number of piperazine rings is 1. The summed E-state index contributed by atoms with van der Waals surface area (Å²) in [4.78, 5) is 20.4. The van der Waals surface area contributed by atoms with Crippen molar-refractivity contribution in [1.82, 2.24) is 14.8 Å². The van der Waals surface area contributed by atoms with Crippen LogP contribution in [0.25, 0.3) is 10.2 Å². The van der Waals surface area contributed by atoms with Crippen LogP contribution in [0, 0.1) is 5.82 Å². The molecule has 2 saturated heterocycles. The van der Waals surface area contributed by atoms with Crippen molar-refractivity contribution in [3.05, 3.63) is 53.8 Å². The topological polar surface area (TPSA) is 45.7 Å². The normalized spacial score (nSPS) is 21.6. The van der Waals surface area contributed by atoms with Crippen LogP contribution in [0.1, 0.15) is 18.9 Å². The summed E-state index contributed by atoms with van der Waals surface area (Å²) in [6.45, 7) is 4.34. The maximum absolute atomic E-state index is 13.3. The zero-order valence-corrected chi connectivity index (χ0v) is 16.3. The van der Waals surface area contributed by atoms with Crippen LogP contribution in [0.5, 0.6) is 10.9 Å². The standard InChI is InChI=1S/C21H20FN3O2S/c1-13(26)25-12-16-9-17(25)11-24(16)10-14-2-5-18(6-3-14)27-21-23-19-8-15(22)4-7-20(19)28-21/h2-8,16-17H,9-12H2,1H3/t16-,17-/m1/s1. The Balaban J connectivity index is 1.23. The van der Waals surface area contributed by atoms with Crippen LogP contribution in [0.3, 0.4) is 0 Å². The van der Waals surface area contributed by atoms with E-state index in [1.807, 2.05) is 17.0 Å². The highest BCUT2D eigenvalue weighted by atomic mass is 32.1. The van der Waals surface area contributed by atoms with E-state index in [-0.39, 0.29) is 11.7 Å². The van der Waals surface area contributed by atoms with Crippen LogP contribution < -0.4 is 4.74 Å². The number of aromatic nitrogens is 1. The third kappa shape index (κ3) is 3.25. The van der Waals surface area contributed by atoms with Crippen molar-refractivity contribution in [3.63, 3.8) is 0 Å². The lowest BCUT2D eigenvalue weighted by Crippen LogP contribution is -2.47. The number of carbonyl (C=O) groups excluding carboxylic acids is 1. The largest absolute Gasteiger partial charge is 0.431 e. The minimum atomic E-state index is -0.296. The molecule has 2 aliphatic rings. The maximum atomic E-state index is 13.3. The Morgan fingerprint density at radius 2 is 2.04 bits per heavy atom. The molecule has 0 saturated carbocycles. The quantitative estimate of drug-likeness (QED) is 0.667. The number of likely N-dealkylation sites (tertiary alicyclic amines) is 2. The zero-order valence-electron chi connectivity index (χ0n) is 15.5. The fourth-order valence-corrected chi connectivity index (χ4v) is 5.07. The zero-order chi connectivity index (χ0) is 19.3. The van der Waals surface area contributed by atoms with E-state index < -0.39 is 0 Å². The van der Waals surface area contributed by atoms with E-state index in [0.29, 0.717) is 28.5 Å². The van der Waals surface area contributed by atoms with Crippen molar-refractivity contribution >= 4 is 27.5 Å². The summed E-state index contributed by atoms with van der Waals surface area (Å²) >= 11 is 1.40. The molecular formula is C21H20FN3O2S. The highest BCUT2D eigenvalue weighted by Gasteiger charge is 2.43. The highest BCUT2D eigenvalue weighted by molar-refractivity contribution is 7.20. The second-order valence-electron chi connectivity index (χ2n) is 7.48. The van der Waals surface area contributed by atoms with Gasteiger partial charge in [-0.25, -0.2) is 9.37 Å². The Bertz CT molecular complexity index is 1040. The summed E-state index contributed by atoms with van der Waals surface area (Å²) in [5.41, 5.74) is 1.83. The number of fused-ring (bicyclic) bond motifs is 3. The van der Waals surface area contributed by atoms with Gasteiger partial charge in [0, 0.05) is 44.7 Å². The van der Waals surface area contributed by atoms with Crippen LogP contribution in [0.4, 0.5) is 4.39 Å². The Labute approximate surface area is 166 Å². The number of halogens is 1. The van der Waals surface area contributed by atoms with Gasteiger partial charge in [-0.1, -0.05) is 23.5 Å². The Morgan fingerprint density at radius 1 is 1.21 bits per heavy atom. The molecule has 0 aliphatic carbocycles. The number of hydrogen-bond acceptors (Lipinski definition) is 5. The summed E-state index contributed by atoms with van der Waals surface area (Å²) in [6.07, 6.45) is 1.08. The minimum absolute atomic E-state index is 0.186. The molecule has 3 aromatic rings. The lowest BCUT2D eigenvalue weighted by Gasteiger charge is -2.33. The molecule has 144 valence electrons. The number of ether oxygens (including phenoxy) is 1. The molecule has 0 N–H and O–H groups in total. The van der Waals surface area contributed by atoms with Crippen molar-refractivity contribution in [1.29, 1.82) is 0 Å². The van der Waals surface area contributed by atoms with E-state index in [1.54, 1.807) is 13.0 Å². The van der Waals surface area contributed by atoms with Gasteiger partial charge >= 0.3 is 0 Å². The predicted molar refractivity (Wildman–Crippen MR) is 106 cm³/mol. The molecule has 0 radical (unpaired) electrons. The molecule has 0 spiro atoms.